The first-order valence-corrected chi connectivity index (χ1v) is 7.84. The zero-order valence-corrected chi connectivity index (χ0v) is 13.1. The molecule has 0 saturated carbocycles. The molecule has 1 aliphatic rings. The van der Waals surface area contributed by atoms with Gasteiger partial charge in [-0.3, -0.25) is 9.69 Å². The van der Waals surface area contributed by atoms with E-state index >= 15 is 0 Å². The number of carbonyl (C=O) groups is 1. The highest BCUT2D eigenvalue weighted by Gasteiger charge is 2.25. The number of amides is 1. The number of piperazine rings is 1. The van der Waals surface area contributed by atoms with Crippen molar-refractivity contribution in [1.29, 1.82) is 0 Å². The lowest BCUT2D eigenvalue weighted by Crippen LogP contribution is -2.54. The molecule has 122 valence electrons. The van der Waals surface area contributed by atoms with E-state index in [4.69, 9.17) is 5.73 Å². The molecule has 22 heavy (non-hydrogen) atoms. The Bertz CT molecular complexity index is 472. The standard InChI is InChI=1S/C16H25FN4O/c1-13(16(22)19-8-2-7-18)20-9-11-21(12-10-20)15-5-3-14(17)4-6-15/h3-6,13H,2,7-12,18H2,1H3,(H,19,22). The largest absolute Gasteiger partial charge is 0.369 e. The van der Waals surface area contributed by atoms with Crippen LogP contribution < -0.4 is 16.0 Å². The zero-order chi connectivity index (χ0) is 15.9. The van der Waals surface area contributed by atoms with Crippen molar-refractivity contribution >= 4 is 11.6 Å². The number of nitrogens with zero attached hydrogens (tertiary/aromatic N) is 2. The summed E-state index contributed by atoms with van der Waals surface area (Å²) in [5.41, 5.74) is 6.45. The summed E-state index contributed by atoms with van der Waals surface area (Å²) in [7, 11) is 0. The minimum Gasteiger partial charge on any atom is -0.369 e. The Morgan fingerprint density at radius 1 is 1.27 bits per heavy atom. The van der Waals surface area contributed by atoms with E-state index in [1.807, 2.05) is 6.92 Å². The van der Waals surface area contributed by atoms with Crippen LogP contribution in [0.5, 0.6) is 0 Å². The predicted molar refractivity (Wildman–Crippen MR) is 86.3 cm³/mol. The molecule has 1 amide bonds. The molecule has 0 spiro atoms. The molecule has 1 saturated heterocycles. The third kappa shape index (κ3) is 4.42. The van der Waals surface area contributed by atoms with Crippen molar-refractivity contribution in [2.75, 3.05) is 44.2 Å². The molecule has 1 aliphatic heterocycles. The van der Waals surface area contributed by atoms with E-state index in [-0.39, 0.29) is 17.8 Å². The molecule has 1 heterocycles. The maximum atomic E-state index is 13.0. The highest BCUT2D eigenvalue weighted by Crippen LogP contribution is 2.17. The number of benzene rings is 1. The summed E-state index contributed by atoms with van der Waals surface area (Å²) in [5, 5.41) is 2.91. The van der Waals surface area contributed by atoms with Gasteiger partial charge in [-0.15, -0.1) is 0 Å². The van der Waals surface area contributed by atoms with Crippen molar-refractivity contribution in [2.24, 2.45) is 5.73 Å². The lowest BCUT2D eigenvalue weighted by Gasteiger charge is -2.38. The molecular formula is C16H25FN4O. The summed E-state index contributed by atoms with van der Waals surface area (Å²) in [4.78, 5) is 16.5. The second kappa shape index (κ2) is 8.10. The first-order valence-electron chi connectivity index (χ1n) is 7.84. The number of hydrogen-bond donors (Lipinski definition) is 2. The molecule has 0 bridgehead atoms. The van der Waals surface area contributed by atoms with Gasteiger partial charge in [0.2, 0.25) is 5.91 Å². The minimum absolute atomic E-state index is 0.0590. The number of halogens is 1. The maximum absolute atomic E-state index is 13.0. The molecule has 0 aromatic heterocycles. The van der Waals surface area contributed by atoms with Crippen LogP contribution in [0.15, 0.2) is 24.3 Å². The van der Waals surface area contributed by atoms with Crippen LogP contribution in [0.25, 0.3) is 0 Å². The Morgan fingerprint density at radius 2 is 1.91 bits per heavy atom. The summed E-state index contributed by atoms with van der Waals surface area (Å²) < 4.78 is 13.0. The molecule has 2 rings (SSSR count). The average molecular weight is 308 g/mol. The smallest absolute Gasteiger partial charge is 0.237 e. The number of nitrogens with two attached hydrogens (primary N) is 1. The highest BCUT2D eigenvalue weighted by atomic mass is 19.1. The van der Waals surface area contributed by atoms with Crippen molar-refractivity contribution in [3.05, 3.63) is 30.1 Å². The van der Waals surface area contributed by atoms with Gasteiger partial charge in [0.05, 0.1) is 6.04 Å². The van der Waals surface area contributed by atoms with Crippen LogP contribution in [0, 0.1) is 5.82 Å². The van der Waals surface area contributed by atoms with Crippen LogP contribution in [-0.4, -0.2) is 56.1 Å². The van der Waals surface area contributed by atoms with Crippen molar-refractivity contribution in [3.63, 3.8) is 0 Å². The monoisotopic (exact) mass is 308 g/mol. The van der Waals surface area contributed by atoms with Crippen molar-refractivity contribution in [3.8, 4) is 0 Å². The van der Waals surface area contributed by atoms with Gasteiger partial charge in [0.15, 0.2) is 0 Å². The molecule has 0 radical (unpaired) electrons. The normalized spacial score (nSPS) is 17.3. The van der Waals surface area contributed by atoms with Gasteiger partial charge >= 0.3 is 0 Å². The van der Waals surface area contributed by atoms with Crippen LogP contribution in [0.1, 0.15) is 13.3 Å². The van der Waals surface area contributed by atoms with Crippen molar-refractivity contribution < 1.29 is 9.18 Å². The molecule has 1 fully saturated rings. The van der Waals surface area contributed by atoms with Crippen LogP contribution in [0.4, 0.5) is 10.1 Å². The first-order chi connectivity index (χ1) is 10.6. The summed E-state index contributed by atoms with van der Waals surface area (Å²) in [6.07, 6.45) is 0.802. The Hall–Kier alpha value is -1.66. The van der Waals surface area contributed by atoms with Gasteiger partial charge < -0.3 is 16.0 Å². The second-order valence-electron chi connectivity index (χ2n) is 5.61. The second-order valence-corrected chi connectivity index (χ2v) is 5.61. The van der Waals surface area contributed by atoms with Gasteiger partial charge in [0.25, 0.3) is 0 Å². The van der Waals surface area contributed by atoms with Gasteiger partial charge in [-0.25, -0.2) is 4.39 Å². The van der Waals surface area contributed by atoms with E-state index in [2.05, 4.69) is 15.1 Å². The third-order valence-corrected chi connectivity index (χ3v) is 4.11. The van der Waals surface area contributed by atoms with Gasteiger partial charge in [-0.2, -0.15) is 0 Å². The fourth-order valence-corrected chi connectivity index (χ4v) is 2.65. The van der Waals surface area contributed by atoms with Gasteiger partial charge in [0, 0.05) is 38.4 Å². The zero-order valence-electron chi connectivity index (χ0n) is 13.1. The van der Waals surface area contributed by atoms with E-state index in [1.54, 1.807) is 12.1 Å². The summed E-state index contributed by atoms with van der Waals surface area (Å²) >= 11 is 0. The van der Waals surface area contributed by atoms with E-state index in [9.17, 15) is 9.18 Å². The van der Waals surface area contributed by atoms with E-state index in [0.717, 1.165) is 38.3 Å². The molecule has 1 aromatic rings. The highest BCUT2D eigenvalue weighted by molar-refractivity contribution is 5.81. The third-order valence-electron chi connectivity index (χ3n) is 4.11. The number of nitrogens with one attached hydrogen (secondary N) is 1. The fraction of sp³-hybridized carbons (Fsp3) is 0.562. The Labute approximate surface area is 131 Å². The number of carbonyl (C=O) groups excluding carboxylic acids is 1. The molecule has 0 aliphatic carbocycles. The van der Waals surface area contributed by atoms with E-state index < -0.39 is 0 Å². The molecule has 1 atom stereocenters. The Morgan fingerprint density at radius 3 is 2.50 bits per heavy atom. The molecule has 5 nitrogen and oxygen atoms in total. The van der Waals surface area contributed by atoms with Gasteiger partial charge in [-0.05, 0) is 44.2 Å². The van der Waals surface area contributed by atoms with Crippen molar-refractivity contribution in [1.82, 2.24) is 10.2 Å². The molecular weight excluding hydrogens is 283 g/mol. The van der Waals surface area contributed by atoms with E-state index in [1.165, 1.54) is 12.1 Å². The minimum atomic E-state index is -0.217. The first kappa shape index (κ1) is 16.7. The predicted octanol–water partition coefficient (Wildman–Crippen LogP) is 0.801. The molecule has 1 aromatic carbocycles. The summed E-state index contributed by atoms with van der Waals surface area (Å²) in [6.45, 7) is 6.48. The van der Waals surface area contributed by atoms with Crippen LogP contribution in [0.2, 0.25) is 0 Å². The van der Waals surface area contributed by atoms with Gasteiger partial charge in [0.1, 0.15) is 5.82 Å². The maximum Gasteiger partial charge on any atom is 0.237 e. The lowest BCUT2D eigenvalue weighted by atomic mass is 10.2. The van der Waals surface area contributed by atoms with Crippen LogP contribution >= 0.6 is 0 Å². The summed E-state index contributed by atoms with van der Waals surface area (Å²) in [6, 6.07) is 6.43. The van der Waals surface area contributed by atoms with Crippen molar-refractivity contribution in [2.45, 2.75) is 19.4 Å². The lowest BCUT2D eigenvalue weighted by molar-refractivity contribution is -0.126. The number of rotatable bonds is 6. The SMILES string of the molecule is CC(C(=O)NCCCN)N1CCN(c2ccc(F)cc2)CC1. The molecule has 1 unspecified atom stereocenters. The van der Waals surface area contributed by atoms with E-state index in [0.29, 0.717) is 13.1 Å². The molecule has 3 N–H and O–H groups in total. The topological polar surface area (TPSA) is 61.6 Å². The molecule has 6 heteroatoms. The average Bonchev–Trinajstić information content (AvgIpc) is 2.55. The van der Waals surface area contributed by atoms with Crippen LogP contribution in [-0.2, 0) is 4.79 Å². The fourth-order valence-electron chi connectivity index (χ4n) is 2.65. The van der Waals surface area contributed by atoms with Crippen LogP contribution in [0.3, 0.4) is 0 Å². The number of anilines is 1. The Kier molecular flexibility index (Phi) is 6.15. The quantitative estimate of drug-likeness (QED) is 0.763. The van der Waals surface area contributed by atoms with Gasteiger partial charge in [-0.1, -0.05) is 0 Å². The summed E-state index contributed by atoms with van der Waals surface area (Å²) in [5.74, 6) is -0.158. The Balaban J connectivity index is 1.81. The number of hydrogen-bond acceptors (Lipinski definition) is 4.